The first-order valence-corrected chi connectivity index (χ1v) is 7.61. The average molecular weight is 330 g/mol. The SMILES string of the molecule is CCCCC(CCCC)c1ccccc1I. The zero-order valence-electron chi connectivity index (χ0n) is 10.5. The van der Waals surface area contributed by atoms with E-state index in [0.29, 0.717) is 0 Å². The van der Waals surface area contributed by atoms with Gasteiger partial charge in [0, 0.05) is 3.57 Å². The Morgan fingerprint density at radius 3 is 2.06 bits per heavy atom. The Bertz CT molecular complexity index is 285. The van der Waals surface area contributed by atoms with Crippen molar-refractivity contribution in [3.05, 3.63) is 33.4 Å². The fourth-order valence-electron chi connectivity index (χ4n) is 2.16. The van der Waals surface area contributed by atoms with E-state index < -0.39 is 0 Å². The van der Waals surface area contributed by atoms with Crippen molar-refractivity contribution in [3.8, 4) is 0 Å². The van der Waals surface area contributed by atoms with Gasteiger partial charge in [-0.25, -0.2) is 0 Å². The molecule has 1 aromatic rings. The maximum atomic E-state index is 2.48. The molecule has 1 aromatic carbocycles. The van der Waals surface area contributed by atoms with E-state index in [1.165, 1.54) is 42.1 Å². The molecule has 0 aliphatic heterocycles. The summed E-state index contributed by atoms with van der Waals surface area (Å²) in [5.41, 5.74) is 1.57. The van der Waals surface area contributed by atoms with Gasteiger partial charge in [-0.3, -0.25) is 0 Å². The van der Waals surface area contributed by atoms with Crippen LogP contribution in [0.5, 0.6) is 0 Å². The second kappa shape index (κ2) is 8.10. The molecule has 0 fully saturated rings. The molecule has 0 aliphatic carbocycles. The third-order valence-electron chi connectivity index (χ3n) is 3.16. The Morgan fingerprint density at radius 1 is 1.00 bits per heavy atom. The van der Waals surface area contributed by atoms with Crippen LogP contribution >= 0.6 is 22.6 Å². The maximum Gasteiger partial charge on any atom is 0.0165 e. The molecule has 0 unspecified atom stereocenters. The van der Waals surface area contributed by atoms with E-state index in [1.54, 1.807) is 5.56 Å². The molecule has 0 amide bonds. The van der Waals surface area contributed by atoms with Gasteiger partial charge in [-0.05, 0) is 53.0 Å². The largest absolute Gasteiger partial charge is 0.0654 e. The molecule has 0 radical (unpaired) electrons. The van der Waals surface area contributed by atoms with Gasteiger partial charge >= 0.3 is 0 Å². The number of unbranched alkanes of at least 4 members (excludes halogenated alkanes) is 2. The van der Waals surface area contributed by atoms with Crippen LogP contribution in [-0.2, 0) is 0 Å². The molecule has 0 bridgehead atoms. The summed E-state index contributed by atoms with van der Waals surface area (Å²) in [5.74, 6) is 0.785. The van der Waals surface area contributed by atoms with Crippen LogP contribution in [0.25, 0.3) is 0 Å². The van der Waals surface area contributed by atoms with Crippen LogP contribution in [0, 0.1) is 3.57 Å². The second-order valence-corrected chi connectivity index (χ2v) is 5.67. The molecule has 1 heteroatoms. The molecule has 0 saturated carbocycles. The quantitative estimate of drug-likeness (QED) is 0.558. The number of benzene rings is 1. The molecule has 0 nitrogen and oxygen atoms in total. The van der Waals surface area contributed by atoms with Crippen molar-refractivity contribution in [2.24, 2.45) is 0 Å². The van der Waals surface area contributed by atoms with Gasteiger partial charge in [-0.2, -0.15) is 0 Å². The maximum absolute atomic E-state index is 2.48. The Morgan fingerprint density at radius 2 is 1.56 bits per heavy atom. The van der Waals surface area contributed by atoms with Crippen LogP contribution < -0.4 is 0 Å². The summed E-state index contributed by atoms with van der Waals surface area (Å²) in [6, 6.07) is 8.88. The van der Waals surface area contributed by atoms with Crippen molar-refractivity contribution < 1.29 is 0 Å². The first-order chi connectivity index (χ1) is 7.79. The zero-order chi connectivity index (χ0) is 11.8. The molecule has 0 aromatic heterocycles. The van der Waals surface area contributed by atoms with E-state index in [2.05, 4.69) is 60.7 Å². The molecule has 90 valence electrons. The fourth-order valence-corrected chi connectivity index (χ4v) is 2.99. The Kier molecular flexibility index (Phi) is 7.10. The van der Waals surface area contributed by atoms with Crippen LogP contribution in [-0.4, -0.2) is 0 Å². The predicted molar refractivity (Wildman–Crippen MR) is 81.0 cm³/mol. The lowest BCUT2D eigenvalue weighted by atomic mass is 9.89. The summed E-state index contributed by atoms with van der Waals surface area (Å²) in [5, 5.41) is 0. The van der Waals surface area contributed by atoms with Gasteiger partial charge in [-0.15, -0.1) is 0 Å². The average Bonchev–Trinajstić information content (AvgIpc) is 2.31. The monoisotopic (exact) mass is 330 g/mol. The minimum Gasteiger partial charge on any atom is -0.0654 e. The van der Waals surface area contributed by atoms with E-state index in [9.17, 15) is 0 Å². The summed E-state index contributed by atoms with van der Waals surface area (Å²) in [6.45, 7) is 4.57. The summed E-state index contributed by atoms with van der Waals surface area (Å²) in [7, 11) is 0. The van der Waals surface area contributed by atoms with E-state index in [1.807, 2.05) is 0 Å². The number of halogens is 1. The third kappa shape index (κ3) is 4.44. The number of hydrogen-bond acceptors (Lipinski definition) is 0. The van der Waals surface area contributed by atoms with Gasteiger partial charge in [0.15, 0.2) is 0 Å². The number of rotatable bonds is 7. The molecular formula is C15H23I. The molecule has 0 heterocycles. The third-order valence-corrected chi connectivity index (χ3v) is 4.14. The first kappa shape index (κ1) is 14.0. The highest BCUT2D eigenvalue weighted by Gasteiger charge is 2.12. The summed E-state index contributed by atoms with van der Waals surface area (Å²) in [4.78, 5) is 0. The van der Waals surface area contributed by atoms with Crippen molar-refractivity contribution in [1.29, 1.82) is 0 Å². The fraction of sp³-hybridized carbons (Fsp3) is 0.600. The van der Waals surface area contributed by atoms with Gasteiger partial charge in [0.25, 0.3) is 0 Å². The van der Waals surface area contributed by atoms with Crippen LogP contribution in [0.3, 0.4) is 0 Å². The second-order valence-electron chi connectivity index (χ2n) is 4.50. The highest BCUT2D eigenvalue weighted by Crippen LogP contribution is 2.30. The van der Waals surface area contributed by atoms with E-state index >= 15 is 0 Å². The summed E-state index contributed by atoms with van der Waals surface area (Å²) in [6.07, 6.45) is 8.06. The minimum atomic E-state index is 0.785. The van der Waals surface area contributed by atoms with Crippen LogP contribution in [0.4, 0.5) is 0 Å². The summed E-state index contributed by atoms with van der Waals surface area (Å²) >= 11 is 2.48. The minimum absolute atomic E-state index is 0.785. The molecule has 0 spiro atoms. The molecule has 0 atom stereocenters. The van der Waals surface area contributed by atoms with E-state index in [-0.39, 0.29) is 0 Å². The molecule has 16 heavy (non-hydrogen) atoms. The Balaban J connectivity index is 2.70. The lowest BCUT2D eigenvalue weighted by molar-refractivity contribution is 0.523. The first-order valence-electron chi connectivity index (χ1n) is 6.54. The normalized spacial score (nSPS) is 11.0. The molecular weight excluding hydrogens is 307 g/mol. The number of hydrogen-bond donors (Lipinski definition) is 0. The van der Waals surface area contributed by atoms with Crippen molar-refractivity contribution >= 4 is 22.6 Å². The van der Waals surface area contributed by atoms with Crippen molar-refractivity contribution in [3.63, 3.8) is 0 Å². The molecule has 0 saturated heterocycles. The smallest absolute Gasteiger partial charge is 0.0165 e. The van der Waals surface area contributed by atoms with E-state index in [4.69, 9.17) is 0 Å². The van der Waals surface area contributed by atoms with Gasteiger partial charge in [0.05, 0.1) is 0 Å². The Labute approximate surface area is 114 Å². The summed E-state index contributed by atoms with van der Waals surface area (Å²) < 4.78 is 1.44. The zero-order valence-corrected chi connectivity index (χ0v) is 12.7. The standard InChI is InChI=1S/C15H23I/c1-3-5-9-13(10-6-4-2)14-11-7-8-12-15(14)16/h7-8,11-13H,3-6,9-10H2,1-2H3. The topological polar surface area (TPSA) is 0 Å². The lowest BCUT2D eigenvalue weighted by Crippen LogP contribution is -2.01. The van der Waals surface area contributed by atoms with Gasteiger partial charge in [0.1, 0.15) is 0 Å². The highest BCUT2D eigenvalue weighted by molar-refractivity contribution is 14.1. The van der Waals surface area contributed by atoms with Crippen LogP contribution in [0.15, 0.2) is 24.3 Å². The van der Waals surface area contributed by atoms with Crippen molar-refractivity contribution in [1.82, 2.24) is 0 Å². The Hall–Kier alpha value is -0.0500. The predicted octanol–water partition coefficient (Wildman–Crippen LogP) is 5.76. The van der Waals surface area contributed by atoms with E-state index in [0.717, 1.165) is 5.92 Å². The van der Waals surface area contributed by atoms with Crippen LogP contribution in [0.1, 0.15) is 63.9 Å². The van der Waals surface area contributed by atoms with Crippen molar-refractivity contribution in [2.45, 2.75) is 58.3 Å². The molecule has 0 aliphatic rings. The van der Waals surface area contributed by atoms with Crippen molar-refractivity contribution in [2.75, 3.05) is 0 Å². The van der Waals surface area contributed by atoms with Crippen LogP contribution in [0.2, 0.25) is 0 Å². The van der Waals surface area contributed by atoms with Gasteiger partial charge in [-0.1, -0.05) is 57.7 Å². The molecule has 1 rings (SSSR count). The van der Waals surface area contributed by atoms with Gasteiger partial charge in [0.2, 0.25) is 0 Å². The lowest BCUT2D eigenvalue weighted by Gasteiger charge is -2.18. The molecule has 0 N–H and O–H groups in total. The van der Waals surface area contributed by atoms with Gasteiger partial charge < -0.3 is 0 Å². The highest BCUT2D eigenvalue weighted by atomic mass is 127.